The molecule has 8 nitrogen and oxygen atoms in total. The van der Waals surface area contributed by atoms with Gasteiger partial charge in [0, 0.05) is 31.0 Å². The molecular weight excluding hydrogens is 443 g/mol. The van der Waals surface area contributed by atoms with E-state index in [1.807, 2.05) is 0 Å². The van der Waals surface area contributed by atoms with E-state index in [1.54, 1.807) is 36.4 Å². The molecule has 0 saturated carbocycles. The molecule has 0 spiro atoms. The molecule has 1 aromatic heterocycles. The molecule has 0 fully saturated rings. The van der Waals surface area contributed by atoms with Crippen LogP contribution in [-0.2, 0) is 20.9 Å². The second kappa shape index (κ2) is 9.63. The lowest BCUT2D eigenvalue weighted by molar-refractivity contribution is -0.142. The van der Waals surface area contributed by atoms with Gasteiger partial charge >= 0.3 is 5.97 Å². The Labute approximate surface area is 187 Å². The number of anilines is 2. The van der Waals surface area contributed by atoms with Crippen molar-refractivity contribution in [3.63, 3.8) is 0 Å². The molecule has 10 heteroatoms. The minimum atomic E-state index is -0.495. The number of nitrogens with zero attached hydrogens (tertiary/aromatic N) is 1. The SMILES string of the molecule is CC(=O)NNc1c(COC(C)=O)cnc2c(NC(=O)c3c(Cl)cccc3Cl)cccc12. The van der Waals surface area contributed by atoms with Gasteiger partial charge in [0.15, 0.2) is 0 Å². The van der Waals surface area contributed by atoms with Crippen LogP contribution in [-0.4, -0.2) is 22.8 Å². The van der Waals surface area contributed by atoms with Crippen molar-refractivity contribution in [1.82, 2.24) is 10.4 Å². The fourth-order valence-corrected chi connectivity index (χ4v) is 3.42. The number of rotatable bonds is 6. The number of halogens is 2. The molecule has 0 unspecified atom stereocenters. The molecule has 3 N–H and O–H groups in total. The summed E-state index contributed by atoms with van der Waals surface area (Å²) in [4.78, 5) is 39.8. The van der Waals surface area contributed by atoms with Crippen LogP contribution in [0, 0.1) is 0 Å². The number of amides is 2. The fraction of sp³-hybridized carbons (Fsp3) is 0.143. The first-order chi connectivity index (χ1) is 14.8. The normalized spacial score (nSPS) is 10.5. The van der Waals surface area contributed by atoms with Gasteiger partial charge in [0.1, 0.15) is 6.61 Å². The summed E-state index contributed by atoms with van der Waals surface area (Å²) in [5.74, 6) is -1.27. The molecule has 0 aliphatic rings. The molecule has 0 radical (unpaired) electrons. The van der Waals surface area contributed by atoms with Crippen LogP contribution in [0.4, 0.5) is 11.4 Å². The third-order valence-corrected chi connectivity index (χ3v) is 4.84. The number of carbonyl (C=O) groups is 3. The number of benzene rings is 2. The highest BCUT2D eigenvalue weighted by Crippen LogP contribution is 2.32. The number of hydrazine groups is 1. The van der Waals surface area contributed by atoms with Crippen LogP contribution in [0.3, 0.4) is 0 Å². The fourth-order valence-electron chi connectivity index (χ4n) is 2.85. The Balaban J connectivity index is 2.03. The van der Waals surface area contributed by atoms with Crippen LogP contribution >= 0.6 is 23.2 Å². The summed E-state index contributed by atoms with van der Waals surface area (Å²) in [5.41, 5.74) is 7.34. The predicted molar refractivity (Wildman–Crippen MR) is 119 cm³/mol. The second-order valence-electron chi connectivity index (χ2n) is 6.50. The van der Waals surface area contributed by atoms with Crippen LogP contribution in [0.25, 0.3) is 10.9 Å². The zero-order chi connectivity index (χ0) is 22.5. The first kappa shape index (κ1) is 22.3. The lowest BCUT2D eigenvalue weighted by Crippen LogP contribution is -2.27. The van der Waals surface area contributed by atoms with Gasteiger partial charge in [-0.25, -0.2) is 0 Å². The first-order valence-corrected chi connectivity index (χ1v) is 9.85. The highest BCUT2D eigenvalue weighted by molar-refractivity contribution is 6.40. The third kappa shape index (κ3) is 5.22. The van der Waals surface area contributed by atoms with Gasteiger partial charge in [-0.05, 0) is 18.2 Å². The average molecular weight is 461 g/mol. The summed E-state index contributed by atoms with van der Waals surface area (Å²) in [6.45, 7) is 2.59. The van der Waals surface area contributed by atoms with Crippen LogP contribution in [0.1, 0.15) is 29.8 Å². The Hall–Kier alpha value is -3.36. The topological polar surface area (TPSA) is 109 Å². The van der Waals surface area contributed by atoms with Crippen molar-refractivity contribution in [1.29, 1.82) is 0 Å². The lowest BCUT2D eigenvalue weighted by Gasteiger charge is -2.16. The highest BCUT2D eigenvalue weighted by atomic mass is 35.5. The summed E-state index contributed by atoms with van der Waals surface area (Å²) in [5, 5.41) is 3.79. The van der Waals surface area contributed by atoms with Crippen molar-refractivity contribution in [2.24, 2.45) is 0 Å². The van der Waals surface area contributed by atoms with E-state index in [4.69, 9.17) is 27.9 Å². The third-order valence-electron chi connectivity index (χ3n) is 4.21. The highest BCUT2D eigenvalue weighted by Gasteiger charge is 2.18. The van der Waals surface area contributed by atoms with Crippen molar-refractivity contribution >= 4 is 63.3 Å². The standard InChI is InChI=1S/C21H18Cl2N4O4/c1-11(28)26-27-19-13(10-31-12(2)29)9-24-20-14(19)5-3-8-17(20)25-21(30)18-15(22)6-4-7-16(18)23/h3-9H,10H2,1-2H3,(H,24,27)(H,25,30)(H,26,28). The van der Waals surface area contributed by atoms with Crippen molar-refractivity contribution in [3.8, 4) is 0 Å². The van der Waals surface area contributed by atoms with E-state index < -0.39 is 11.9 Å². The molecule has 0 atom stereocenters. The Kier molecular flexibility index (Phi) is 6.94. The summed E-state index contributed by atoms with van der Waals surface area (Å²) in [6.07, 6.45) is 1.49. The average Bonchev–Trinajstić information content (AvgIpc) is 2.70. The number of nitrogens with one attached hydrogen (secondary N) is 3. The zero-order valence-corrected chi connectivity index (χ0v) is 18.1. The van der Waals surface area contributed by atoms with E-state index in [0.29, 0.717) is 27.8 Å². The van der Waals surface area contributed by atoms with E-state index in [2.05, 4.69) is 21.2 Å². The van der Waals surface area contributed by atoms with Crippen molar-refractivity contribution in [2.75, 3.05) is 10.7 Å². The monoisotopic (exact) mass is 460 g/mol. The number of ether oxygens (including phenoxy) is 1. The van der Waals surface area contributed by atoms with Crippen LogP contribution < -0.4 is 16.2 Å². The minimum absolute atomic E-state index is 0.0496. The Bertz CT molecular complexity index is 1160. The second-order valence-corrected chi connectivity index (χ2v) is 7.31. The molecule has 0 aliphatic carbocycles. The molecule has 2 amide bonds. The van der Waals surface area contributed by atoms with E-state index in [1.165, 1.54) is 20.0 Å². The van der Waals surface area contributed by atoms with E-state index in [9.17, 15) is 14.4 Å². The molecule has 31 heavy (non-hydrogen) atoms. The van der Waals surface area contributed by atoms with Crippen LogP contribution in [0.2, 0.25) is 10.0 Å². The van der Waals surface area contributed by atoms with Gasteiger partial charge in [0.05, 0.1) is 32.5 Å². The molecule has 1 heterocycles. The van der Waals surface area contributed by atoms with Crippen molar-refractivity contribution in [2.45, 2.75) is 20.5 Å². The van der Waals surface area contributed by atoms with E-state index in [-0.39, 0.29) is 28.1 Å². The quantitative estimate of drug-likeness (QED) is 0.373. The molecular formula is C21H18Cl2N4O4. The number of para-hydroxylation sites is 1. The van der Waals surface area contributed by atoms with Gasteiger partial charge in [0.2, 0.25) is 5.91 Å². The Morgan fingerprint density at radius 3 is 2.35 bits per heavy atom. The maximum absolute atomic E-state index is 12.8. The number of pyridine rings is 1. The van der Waals surface area contributed by atoms with Crippen molar-refractivity contribution in [3.05, 3.63) is 63.8 Å². The summed E-state index contributed by atoms with van der Waals surface area (Å²) < 4.78 is 5.07. The van der Waals surface area contributed by atoms with Gasteiger partial charge in [0.25, 0.3) is 5.91 Å². The van der Waals surface area contributed by atoms with Gasteiger partial charge in [-0.2, -0.15) is 0 Å². The molecule has 2 aromatic carbocycles. The van der Waals surface area contributed by atoms with E-state index >= 15 is 0 Å². The van der Waals surface area contributed by atoms with Gasteiger partial charge in [-0.1, -0.05) is 41.4 Å². The maximum atomic E-state index is 12.8. The summed E-state index contributed by atoms with van der Waals surface area (Å²) in [6, 6.07) is 9.92. The minimum Gasteiger partial charge on any atom is -0.461 e. The largest absolute Gasteiger partial charge is 0.461 e. The number of hydrogen-bond donors (Lipinski definition) is 3. The number of fused-ring (bicyclic) bond motifs is 1. The Morgan fingerprint density at radius 1 is 1.03 bits per heavy atom. The molecule has 0 bridgehead atoms. The number of aromatic nitrogens is 1. The summed E-state index contributed by atoms with van der Waals surface area (Å²) in [7, 11) is 0. The summed E-state index contributed by atoms with van der Waals surface area (Å²) >= 11 is 12.3. The van der Waals surface area contributed by atoms with Gasteiger partial charge in [-0.15, -0.1) is 0 Å². The van der Waals surface area contributed by atoms with E-state index in [0.717, 1.165) is 0 Å². The molecule has 0 aliphatic heterocycles. The van der Waals surface area contributed by atoms with Crippen LogP contribution in [0.5, 0.6) is 0 Å². The smallest absolute Gasteiger partial charge is 0.302 e. The first-order valence-electron chi connectivity index (χ1n) is 9.10. The van der Waals surface area contributed by atoms with Gasteiger partial charge < -0.3 is 10.1 Å². The lowest BCUT2D eigenvalue weighted by atomic mass is 10.1. The van der Waals surface area contributed by atoms with Crippen molar-refractivity contribution < 1.29 is 19.1 Å². The maximum Gasteiger partial charge on any atom is 0.302 e. The zero-order valence-electron chi connectivity index (χ0n) is 16.6. The Morgan fingerprint density at radius 2 is 1.71 bits per heavy atom. The number of hydrogen-bond acceptors (Lipinski definition) is 6. The predicted octanol–water partition coefficient (Wildman–Crippen LogP) is 4.32. The number of carbonyl (C=O) groups excluding carboxylic acids is 3. The molecule has 3 rings (SSSR count). The van der Waals surface area contributed by atoms with Crippen LogP contribution in [0.15, 0.2) is 42.6 Å². The molecule has 160 valence electrons. The number of esters is 1. The molecule has 0 saturated heterocycles. The van der Waals surface area contributed by atoms with Gasteiger partial charge in [-0.3, -0.25) is 30.2 Å². The molecule has 3 aromatic rings.